The lowest BCUT2D eigenvalue weighted by atomic mass is 10.1. The van der Waals surface area contributed by atoms with Gasteiger partial charge in [-0.15, -0.1) is 0 Å². The molecule has 1 nitrogen and oxygen atoms in total. The maximum atomic E-state index is 6.14. The Morgan fingerprint density at radius 1 is 1.00 bits per heavy atom. The van der Waals surface area contributed by atoms with Crippen LogP contribution >= 0.6 is 23.2 Å². The highest BCUT2D eigenvalue weighted by Crippen LogP contribution is 2.26. The van der Waals surface area contributed by atoms with E-state index in [0.717, 1.165) is 11.3 Å². The summed E-state index contributed by atoms with van der Waals surface area (Å²) in [6.07, 6.45) is 0. The molecule has 1 N–H and O–H groups in total. The monoisotopic (exact) mass is 279 g/mol. The summed E-state index contributed by atoms with van der Waals surface area (Å²) in [5.41, 5.74) is 4.52. The second-order valence-corrected chi connectivity index (χ2v) is 5.19. The van der Waals surface area contributed by atoms with Crippen LogP contribution in [-0.2, 0) is 6.54 Å². The number of hydrogen-bond acceptors (Lipinski definition) is 1. The topological polar surface area (TPSA) is 12.0 Å². The summed E-state index contributed by atoms with van der Waals surface area (Å²) < 4.78 is 0. The van der Waals surface area contributed by atoms with Crippen LogP contribution in [0.3, 0.4) is 0 Å². The van der Waals surface area contributed by atoms with E-state index < -0.39 is 0 Å². The maximum Gasteiger partial charge on any atom is 0.0470 e. The molecular weight excluding hydrogens is 265 g/mol. The fraction of sp³-hybridized carbons (Fsp3) is 0.200. The van der Waals surface area contributed by atoms with Gasteiger partial charge in [0.25, 0.3) is 0 Å². The van der Waals surface area contributed by atoms with Gasteiger partial charge in [0, 0.05) is 27.8 Å². The molecule has 0 bridgehead atoms. The molecule has 0 heterocycles. The van der Waals surface area contributed by atoms with Crippen molar-refractivity contribution in [3.8, 4) is 0 Å². The molecule has 0 spiro atoms. The number of hydrogen-bond donors (Lipinski definition) is 1. The predicted molar refractivity (Wildman–Crippen MR) is 79.7 cm³/mol. The van der Waals surface area contributed by atoms with Gasteiger partial charge in [-0.05, 0) is 37.6 Å². The molecule has 94 valence electrons. The van der Waals surface area contributed by atoms with Crippen LogP contribution < -0.4 is 5.32 Å². The summed E-state index contributed by atoms with van der Waals surface area (Å²) in [5, 5.41) is 4.76. The van der Waals surface area contributed by atoms with E-state index in [9.17, 15) is 0 Å². The average Bonchev–Trinajstić information content (AvgIpc) is 2.31. The van der Waals surface area contributed by atoms with E-state index in [1.54, 1.807) is 0 Å². The maximum absolute atomic E-state index is 6.14. The first-order valence-corrected chi connectivity index (χ1v) is 6.57. The van der Waals surface area contributed by atoms with E-state index in [1.807, 2.05) is 18.2 Å². The Morgan fingerprint density at radius 2 is 1.67 bits per heavy atom. The van der Waals surface area contributed by atoms with Gasteiger partial charge in [-0.25, -0.2) is 0 Å². The zero-order valence-electron chi connectivity index (χ0n) is 10.4. The Morgan fingerprint density at radius 3 is 2.28 bits per heavy atom. The molecule has 0 atom stereocenters. The van der Waals surface area contributed by atoms with Gasteiger partial charge in [-0.3, -0.25) is 0 Å². The second-order valence-electron chi connectivity index (χ2n) is 4.37. The minimum absolute atomic E-state index is 0.627. The zero-order valence-corrected chi connectivity index (χ0v) is 11.9. The van der Waals surface area contributed by atoms with Crippen LogP contribution in [0.15, 0.2) is 36.4 Å². The van der Waals surface area contributed by atoms with Crippen molar-refractivity contribution in [3.63, 3.8) is 0 Å². The Balaban J connectivity index is 2.16. The van der Waals surface area contributed by atoms with Crippen LogP contribution in [0.4, 0.5) is 5.69 Å². The van der Waals surface area contributed by atoms with Crippen LogP contribution in [0, 0.1) is 13.8 Å². The highest BCUT2D eigenvalue weighted by molar-refractivity contribution is 6.36. The lowest BCUT2D eigenvalue weighted by Gasteiger charge is -2.12. The molecule has 0 radical (unpaired) electrons. The molecule has 0 aliphatic heterocycles. The molecule has 0 saturated heterocycles. The molecular formula is C15H15Cl2N. The molecule has 0 aromatic heterocycles. The molecule has 2 rings (SSSR count). The summed E-state index contributed by atoms with van der Waals surface area (Å²) in [5.74, 6) is 0. The summed E-state index contributed by atoms with van der Waals surface area (Å²) in [6, 6.07) is 11.9. The number of benzene rings is 2. The Kier molecular flexibility index (Phi) is 4.15. The normalized spacial score (nSPS) is 10.4. The fourth-order valence-corrected chi connectivity index (χ4v) is 2.43. The quantitative estimate of drug-likeness (QED) is 0.812. The first-order chi connectivity index (χ1) is 8.58. The third kappa shape index (κ3) is 2.98. The average molecular weight is 280 g/mol. The molecule has 2 aromatic rings. The van der Waals surface area contributed by atoms with Crippen molar-refractivity contribution in [2.24, 2.45) is 0 Å². The van der Waals surface area contributed by atoms with Crippen molar-refractivity contribution in [3.05, 3.63) is 63.1 Å². The van der Waals surface area contributed by atoms with Crippen LogP contribution in [0.1, 0.15) is 16.7 Å². The molecule has 0 saturated carbocycles. The van der Waals surface area contributed by atoms with Gasteiger partial charge in [0.2, 0.25) is 0 Å². The standard InChI is InChI=1S/C15H15Cl2N/c1-10-6-7-15(11(2)8-10)18-9-12-13(16)4-3-5-14(12)17/h3-8,18H,9H2,1-2H3. The first-order valence-electron chi connectivity index (χ1n) is 5.82. The van der Waals surface area contributed by atoms with Crippen molar-refractivity contribution in [1.29, 1.82) is 0 Å². The van der Waals surface area contributed by atoms with Crippen LogP contribution in [0.5, 0.6) is 0 Å². The van der Waals surface area contributed by atoms with Crippen molar-refractivity contribution in [1.82, 2.24) is 0 Å². The Hall–Kier alpha value is -1.18. The van der Waals surface area contributed by atoms with Gasteiger partial charge in [0.15, 0.2) is 0 Å². The van der Waals surface area contributed by atoms with E-state index in [4.69, 9.17) is 23.2 Å². The van der Waals surface area contributed by atoms with E-state index in [1.165, 1.54) is 11.1 Å². The van der Waals surface area contributed by atoms with Gasteiger partial charge in [-0.1, -0.05) is 47.0 Å². The molecule has 3 heteroatoms. The fourth-order valence-electron chi connectivity index (χ4n) is 1.90. The summed E-state index contributed by atoms with van der Waals surface area (Å²) in [7, 11) is 0. The van der Waals surface area contributed by atoms with Crippen molar-refractivity contribution in [2.75, 3.05) is 5.32 Å². The van der Waals surface area contributed by atoms with Gasteiger partial charge in [0.05, 0.1) is 0 Å². The number of halogens is 2. The van der Waals surface area contributed by atoms with Crippen LogP contribution in [0.25, 0.3) is 0 Å². The van der Waals surface area contributed by atoms with Gasteiger partial charge < -0.3 is 5.32 Å². The highest BCUT2D eigenvalue weighted by atomic mass is 35.5. The molecule has 0 fully saturated rings. The minimum atomic E-state index is 0.627. The lowest BCUT2D eigenvalue weighted by molar-refractivity contribution is 1.14. The first kappa shape index (κ1) is 13.3. The third-order valence-electron chi connectivity index (χ3n) is 2.90. The number of nitrogens with one attached hydrogen (secondary N) is 1. The predicted octanol–water partition coefficient (Wildman–Crippen LogP) is 5.22. The van der Waals surface area contributed by atoms with E-state index >= 15 is 0 Å². The van der Waals surface area contributed by atoms with Gasteiger partial charge in [0.1, 0.15) is 0 Å². The molecule has 2 aromatic carbocycles. The SMILES string of the molecule is Cc1ccc(NCc2c(Cl)cccc2Cl)c(C)c1. The largest absolute Gasteiger partial charge is 0.381 e. The van der Waals surface area contributed by atoms with Gasteiger partial charge in [-0.2, -0.15) is 0 Å². The molecule has 0 unspecified atom stereocenters. The second kappa shape index (κ2) is 5.64. The van der Waals surface area contributed by atoms with Crippen molar-refractivity contribution >= 4 is 28.9 Å². The Labute approximate surface area is 118 Å². The van der Waals surface area contributed by atoms with Crippen molar-refractivity contribution < 1.29 is 0 Å². The van der Waals surface area contributed by atoms with E-state index in [-0.39, 0.29) is 0 Å². The molecule has 0 aliphatic carbocycles. The number of rotatable bonds is 3. The summed E-state index contributed by atoms with van der Waals surface area (Å²) >= 11 is 12.3. The van der Waals surface area contributed by atoms with E-state index in [0.29, 0.717) is 16.6 Å². The highest BCUT2D eigenvalue weighted by Gasteiger charge is 2.05. The van der Waals surface area contributed by atoms with Gasteiger partial charge >= 0.3 is 0 Å². The number of anilines is 1. The third-order valence-corrected chi connectivity index (χ3v) is 3.61. The zero-order chi connectivity index (χ0) is 13.1. The summed E-state index contributed by atoms with van der Waals surface area (Å²) in [6.45, 7) is 4.80. The minimum Gasteiger partial charge on any atom is -0.381 e. The summed E-state index contributed by atoms with van der Waals surface area (Å²) in [4.78, 5) is 0. The van der Waals surface area contributed by atoms with Crippen molar-refractivity contribution in [2.45, 2.75) is 20.4 Å². The number of aryl methyl sites for hydroxylation is 2. The molecule has 0 amide bonds. The Bertz CT molecular complexity index is 544. The molecule has 18 heavy (non-hydrogen) atoms. The lowest BCUT2D eigenvalue weighted by Crippen LogP contribution is -2.02. The smallest absolute Gasteiger partial charge is 0.0470 e. The van der Waals surface area contributed by atoms with Crippen LogP contribution in [0.2, 0.25) is 10.0 Å². The molecule has 0 aliphatic rings. The van der Waals surface area contributed by atoms with Crippen LogP contribution in [-0.4, -0.2) is 0 Å². The van der Waals surface area contributed by atoms with E-state index in [2.05, 4.69) is 37.4 Å².